The maximum absolute atomic E-state index is 11.5. The van der Waals surface area contributed by atoms with Gasteiger partial charge in [-0.3, -0.25) is 0 Å². The van der Waals surface area contributed by atoms with Crippen LogP contribution in [0.5, 0.6) is 0 Å². The third-order valence-electron chi connectivity index (χ3n) is 3.82. The number of anilines is 1. The average Bonchev–Trinajstić information content (AvgIpc) is 2.46. The molecule has 1 aliphatic rings. The van der Waals surface area contributed by atoms with Crippen LogP contribution in [0.15, 0.2) is 36.4 Å². The minimum Gasteiger partial charge on any atom is -0.478 e. The fourth-order valence-corrected chi connectivity index (χ4v) is 3.90. The summed E-state index contributed by atoms with van der Waals surface area (Å²) in [6.07, 6.45) is 0. The van der Waals surface area contributed by atoms with E-state index in [0.29, 0.717) is 18.5 Å². The first-order valence-electron chi connectivity index (χ1n) is 6.68. The van der Waals surface area contributed by atoms with Crippen LogP contribution in [0, 0.1) is 0 Å². The summed E-state index contributed by atoms with van der Waals surface area (Å²) in [6.45, 7) is 0.886. The van der Waals surface area contributed by atoms with E-state index in [1.165, 1.54) is 0 Å². The van der Waals surface area contributed by atoms with Crippen molar-refractivity contribution in [3.05, 3.63) is 42.0 Å². The average molecular weight is 305 g/mol. The van der Waals surface area contributed by atoms with Crippen LogP contribution >= 0.6 is 0 Å². The summed E-state index contributed by atoms with van der Waals surface area (Å²) in [4.78, 5) is 13.3. The van der Waals surface area contributed by atoms with Gasteiger partial charge in [0.2, 0.25) is 0 Å². The lowest BCUT2D eigenvalue weighted by atomic mass is 10.0. The Morgan fingerprint density at radius 3 is 2.24 bits per heavy atom. The van der Waals surface area contributed by atoms with Gasteiger partial charge in [-0.15, -0.1) is 0 Å². The van der Waals surface area contributed by atoms with Crippen LogP contribution in [-0.4, -0.2) is 44.1 Å². The van der Waals surface area contributed by atoms with Gasteiger partial charge in [0.05, 0.1) is 17.1 Å². The van der Waals surface area contributed by atoms with Crippen LogP contribution in [0.25, 0.3) is 10.8 Å². The monoisotopic (exact) mass is 305 g/mol. The molecule has 1 aliphatic heterocycles. The van der Waals surface area contributed by atoms with Crippen LogP contribution in [0.3, 0.4) is 0 Å². The maximum atomic E-state index is 11.5. The fourth-order valence-electron chi connectivity index (χ4n) is 2.70. The molecule has 0 unspecified atom stereocenters. The number of carbonyl (C=O) groups is 1. The van der Waals surface area contributed by atoms with Gasteiger partial charge >= 0.3 is 5.97 Å². The Morgan fingerprint density at radius 1 is 1.00 bits per heavy atom. The Balaban J connectivity index is 2.08. The molecule has 1 N–H and O–H groups in total. The molecule has 0 saturated carbocycles. The number of fused-ring (bicyclic) bond motifs is 1. The molecule has 0 radical (unpaired) electrons. The Labute approximate surface area is 122 Å². The number of aromatic carboxylic acids is 1. The molecule has 2 aromatic carbocycles. The molecule has 21 heavy (non-hydrogen) atoms. The predicted octanol–water partition coefficient (Wildman–Crippen LogP) is 1.77. The van der Waals surface area contributed by atoms with E-state index in [-0.39, 0.29) is 17.1 Å². The van der Waals surface area contributed by atoms with E-state index >= 15 is 0 Å². The summed E-state index contributed by atoms with van der Waals surface area (Å²) in [7, 11) is -2.93. The zero-order valence-electron chi connectivity index (χ0n) is 11.3. The van der Waals surface area contributed by atoms with Gasteiger partial charge in [0, 0.05) is 24.2 Å². The maximum Gasteiger partial charge on any atom is 0.336 e. The summed E-state index contributed by atoms with van der Waals surface area (Å²) in [5, 5.41) is 10.8. The van der Waals surface area contributed by atoms with Crippen molar-refractivity contribution < 1.29 is 18.3 Å². The number of sulfone groups is 1. The molecule has 1 saturated heterocycles. The summed E-state index contributed by atoms with van der Waals surface area (Å²) < 4.78 is 23.1. The second-order valence-corrected chi connectivity index (χ2v) is 7.43. The number of rotatable bonds is 2. The Bertz CT molecular complexity index is 800. The van der Waals surface area contributed by atoms with Crippen molar-refractivity contribution in [2.75, 3.05) is 29.5 Å². The van der Waals surface area contributed by atoms with Gasteiger partial charge < -0.3 is 10.0 Å². The van der Waals surface area contributed by atoms with Crippen molar-refractivity contribution in [2.45, 2.75) is 0 Å². The number of hydrogen-bond donors (Lipinski definition) is 1. The lowest BCUT2D eigenvalue weighted by Gasteiger charge is -2.30. The van der Waals surface area contributed by atoms with Crippen molar-refractivity contribution in [3.63, 3.8) is 0 Å². The first kappa shape index (κ1) is 13.9. The Kier molecular flexibility index (Phi) is 3.33. The first-order chi connectivity index (χ1) is 9.98. The predicted molar refractivity (Wildman–Crippen MR) is 81.8 cm³/mol. The quantitative estimate of drug-likeness (QED) is 0.915. The van der Waals surface area contributed by atoms with Crippen molar-refractivity contribution in [1.29, 1.82) is 0 Å². The van der Waals surface area contributed by atoms with Gasteiger partial charge in [0.1, 0.15) is 0 Å². The molecule has 0 aromatic heterocycles. The zero-order chi connectivity index (χ0) is 15.0. The van der Waals surface area contributed by atoms with Gasteiger partial charge in [-0.2, -0.15) is 0 Å². The van der Waals surface area contributed by atoms with Crippen LogP contribution in [0.2, 0.25) is 0 Å². The molecule has 0 aliphatic carbocycles. The van der Waals surface area contributed by atoms with Gasteiger partial charge in [0.15, 0.2) is 9.84 Å². The van der Waals surface area contributed by atoms with Crippen molar-refractivity contribution >= 4 is 32.3 Å². The normalized spacial score (nSPS) is 17.8. The van der Waals surface area contributed by atoms with Gasteiger partial charge in [-0.05, 0) is 17.5 Å². The van der Waals surface area contributed by atoms with Gasteiger partial charge in [-0.1, -0.05) is 24.3 Å². The SMILES string of the molecule is O=C(O)c1ccc(N2CCS(=O)(=O)CC2)c2ccccc12. The van der Waals surface area contributed by atoms with E-state index in [9.17, 15) is 18.3 Å². The molecule has 110 valence electrons. The molecule has 0 spiro atoms. The van der Waals surface area contributed by atoms with Crippen LogP contribution in [0.1, 0.15) is 10.4 Å². The number of hydrogen-bond acceptors (Lipinski definition) is 4. The molecule has 3 rings (SSSR count). The highest BCUT2D eigenvalue weighted by Gasteiger charge is 2.23. The number of benzene rings is 2. The van der Waals surface area contributed by atoms with Crippen LogP contribution in [0.4, 0.5) is 5.69 Å². The standard InChI is InChI=1S/C15H15NO4S/c17-15(18)13-5-6-14(12-4-2-1-3-11(12)13)16-7-9-21(19,20)10-8-16/h1-6H,7-10H2,(H,17,18). The van der Waals surface area contributed by atoms with Crippen molar-refractivity contribution in [2.24, 2.45) is 0 Å². The molecule has 1 heterocycles. The number of carboxylic acids is 1. The minimum absolute atomic E-state index is 0.141. The van der Waals surface area contributed by atoms with Crippen molar-refractivity contribution in [3.8, 4) is 0 Å². The number of nitrogens with zero attached hydrogens (tertiary/aromatic N) is 1. The summed E-state index contributed by atoms with van der Waals surface area (Å²) in [6, 6.07) is 10.7. The molecule has 1 fully saturated rings. The lowest BCUT2D eigenvalue weighted by molar-refractivity contribution is 0.0699. The van der Waals surface area contributed by atoms with Crippen molar-refractivity contribution in [1.82, 2.24) is 0 Å². The third kappa shape index (κ3) is 2.58. The molecule has 0 amide bonds. The molecule has 2 aromatic rings. The molecular formula is C15H15NO4S. The van der Waals surface area contributed by atoms with E-state index in [1.54, 1.807) is 24.3 Å². The highest BCUT2D eigenvalue weighted by Crippen LogP contribution is 2.30. The van der Waals surface area contributed by atoms with Crippen LogP contribution < -0.4 is 4.90 Å². The lowest BCUT2D eigenvalue weighted by Crippen LogP contribution is -2.40. The van der Waals surface area contributed by atoms with E-state index in [1.807, 2.05) is 17.0 Å². The van der Waals surface area contributed by atoms with E-state index in [0.717, 1.165) is 11.1 Å². The second kappa shape index (κ2) is 5.04. The summed E-state index contributed by atoms with van der Waals surface area (Å²) in [5.74, 6) is -0.678. The molecular weight excluding hydrogens is 290 g/mol. The highest BCUT2D eigenvalue weighted by molar-refractivity contribution is 7.91. The Hall–Kier alpha value is -2.08. The summed E-state index contributed by atoms with van der Waals surface area (Å²) >= 11 is 0. The van der Waals surface area contributed by atoms with Crippen LogP contribution in [-0.2, 0) is 9.84 Å². The topological polar surface area (TPSA) is 74.7 Å². The summed E-state index contributed by atoms with van der Waals surface area (Å²) in [5.41, 5.74) is 1.16. The minimum atomic E-state index is -2.93. The second-order valence-electron chi connectivity index (χ2n) is 5.12. The van der Waals surface area contributed by atoms with Gasteiger partial charge in [-0.25, -0.2) is 13.2 Å². The van der Waals surface area contributed by atoms with E-state index < -0.39 is 15.8 Å². The molecule has 0 bridgehead atoms. The smallest absolute Gasteiger partial charge is 0.336 e. The molecule has 0 atom stereocenters. The molecule has 6 heteroatoms. The zero-order valence-corrected chi connectivity index (χ0v) is 12.1. The largest absolute Gasteiger partial charge is 0.478 e. The van der Waals surface area contributed by atoms with Gasteiger partial charge in [0.25, 0.3) is 0 Å². The molecule has 5 nitrogen and oxygen atoms in total. The highest BCUT2D eigenvalue weighted by atomic mass is 32.2. The Morgan fingerprint density at radius 2 is 1.62 bits per heavy atom. The number of carboxylic acid groups (broad SMARTS) is 1. The van der Waals surface area contributed by atoms with E-state index in [2.05, 4.69) is 0 Å². The third-order valence-corrected chi connectivity index (χ3v) is 5.43. The fraction of sp³-hybridized carbons (Fsp3) is 0.267. The van der Waals surface area contributed by atoms with E-state index in [4.69, 9.17) is 0 Å². The first-order valence-corrected chi connectivity index (χ1v) is 8.50.